The van der Waals surface area contributed by atoms with Gasteiger partial charge in [-0.05, 0) is 19.0 Å². The van der Waals surface area contributed by atoms with Gasteiger partial charge in [-0.2, -0.15) is 5.10 Å². The summed E-state index contributed by atoms with van der Waals surface area (Å²) >= 11 is 0. The molecule has 0 saturated heterocycles. The standard InChI is InChI=1S/C11H17N3/c1-4-6-10(12-8-5-2)11-7-9-13-14(11)3/h1,7,9-10,12H,5-6,8H2,2-3H3. The van der Waals surface area contributed by atoms with Crippen LogP contribution in [-0.2, 0) is 7.05 Å². The average molecular weight is 191 g/mol. The van der Waals surface area contributed by atoms with Gasteiger partial charge >= 0.3 is 0 Å². The summed E-state index contributed by atoms with van der Waals surface area (Å²) in [5.41, 5.74) is 1.15. The van der Waals surface area contributed by atoms with Crippen LogP contribution in [0.25, 0.3) is 0 Å². The van der Waals surface area contributed by atoms with E-state index in [2.05, 4.69) is 23.3 Å². The minimum Gasteiger partial charge on any atom is -0.308 e. The Morgan fingerprint density at radius 2 is 2.50 bits per heavy atom. The first kappa shape index (κ1) is 10.8. The Hall–Kier alpha value is -1.27. The molecule has 0 spiro atoms. The van der Waals surface area contributed by atoms with Crippen LogP contribution in [0.5, 0.6) is 0 Å². The fourth-order valence-electron chi connectivity index (χ4n) is 1.44. The van der Waals surface area contributed by atoms with Crippen molar-refractivity contribution in [2.24, 2.45) is 7.05 Å². The number of nitrogens with one attached hydrogen (secondary N) is 1. The van der Waals surface area contributed by atoms with E-state index in [0.717, 1.165) is 18.7 Å². The number of hydrogen-bond acceptors (Lipinski definition) is 2. The van der Waals surface area contributed by atoms with Crippen LogP contribution >= 0.6 is 0 Å². The van der Waals surface area contributed by atoms with Gasteiger partial charge in [-0.1, -0.05) is 6.92 Å². The topological polar surface area (TPSA) is 29.9 Å². The molecule has 0 aliphatic rings. The molecule has 0 aliphatic carbocycles. The zero-order valence-corrected chi connectivity index (χ0v) is 8.83. The second kappa shape index (κ2) is 5.46. The molecule has 3 nitrogen and oxygen atoms in total. The van der Waals surface area contributed by atoms with Gasteiger partial charge in [-0.3, -0.25) is 4.68 Å². The molecule has 1 rings (SSSR count). The lowest BCUT2D eigenvalue weighted by Crippen LogP contribution is -2.23. The minimum atomic E-state index is 0.229. The molecule has 76 valence electrons. The molecular weight excluding hydrogens is 174 g/mol. The molecule has 0 bridgehead atoms. The van der Waals surface area contributed by atoms with E-state index in [1.54, 1.807) is 6.20 Å². The van der Waals surface area contributed by atoms with Gasteiger partial charge in [-0.15, -0.1) is 12.3 Å². The molecule has 1 aromatic heterocycles. The maximum absolute atomic E-state index is 5.34. The summed E-state index contributed by atoms with van der Waals surface area (Å²) in [6.45, 7) is 3.13. The molecule has 1 aromatic rings. The van der Waals surface area contributed by atoms with E-state index in [4.69, 9.17) is 6.42 Å². The fraction of sp³-hybridized carbons (Fsp3) is 0.545. The van der Waals surface area contributed by atoms with Crippen LogP contribution in [0.1, 0.15) is 31.5 Å². The van der Waals surface area contributed by atoms with Crippen LogP contribution < -0.4 is 5.32 Å². The summed E-state index contributed by atoms with van der Waals surface area (Å²) < 4.78 is 1.87. The maximum atomic E-state index is 5.34. The average Bonchev–Trinajstić information content (AvgIpc) is 2.59. The highest BCUT2D eigenvalue weighted by molar-refractivity contribution is 5.09. The number of aromatic nitrogens is 2. The van der Waals surface area contributed by atoms with Gasteiger partial charge in [0.05, 0.1) is 11.7 Å². The lowest BCUT2D eigenvalue weighted by atomic mass is 10.1. The van der Waals surface area contributed by atoms with Crippen molar-refractivity contribution in [1.82, 2.24) is 15.1 Å². The van der Waals surface area contributed by atoms with Crippen LogP contribution in [0.2, 0.25) is 0 Å². The number of terminal acetylenes is 1. The van der Waals surface area contributed by atoms with Crippen molar-refractivity contribution < 1.29 is 0 Å². The third kappa shape index (κ3) is 2.61. The molecule has 1 atom stereocenters. The first-order valence-electron chi connectivity index (χ1n) is 4.94. The lowest BCUT2D eigenvalue weighted by molar-refractivity contribution is 0.504. The highest BCUT2D eigenvalue weighted by Gasteiger charge is 2.12. The highest BCUT2D eigenvalue weighted by Crippen LogP contribution is 2.14. The van der Waals surface area contributed by atoms with Crippen molar-refractivity contribution in [2.45, 2.75) is 25.8 Å². The third-order valence-electron chi connectivity index (χ3n) is 2.18. The quantitative estimate of drug-likeness (QED) is 0.714. The van der Waals surface area contributed by atoms with Crippen LogP contribution in [0.15, 0.2) is 12.3 Å². The Balaban J connectivity index is 2.68. The monoisotopic (exact) mass is 191 g/mol. The Morgan fingerprint density at radius 3 is 3.00 bits per heavy atom. The Labute approximate surface area is 85.5 Å². The summed E-state index contributed by atoms with van der Waals surface area (Å²) in [6, 6.07) is 2.23. The first-order chi connectivity index (χ1) is 6.79. The van der Waals surface area contributed by atoms with Crippen LogP contribution in [0.3, 0.4) is 0 Å². The van der Waals surface area contributed by atoms with Crippen molar-refractivity contribution in [3.8, 4) is 12.3 Å². The maximum Gasteiger partial charge on any atom is 0.0602 e. The molecule has 0 radical (unpaired) electrons. The molecule has 0 aliphatic heterocycles. The van der Waals surface area contributed by atoms with E-state index in [1.165, 1.54) is 0 Å². The molecule has 0 amide bonds. The van der Waals surface area contributed by atoms with Crippen molar-refractivity contribution in [2.75, 3.05) is 6.54 Å². The van der Waals surface area contributed by atoms with Gasteiger partial charge < -0.3 is 5.32 Å². The molecule has 1 heterocycles. The van der Waals surface area contributed by atoms with Crippen molar-refractivity contribution >= 4 is 0 Å². The largest absolute Gasteiger partial charge is 0.308 e. The van der Waals surface area contributed by atoms with Crippen molar-refractivity contribution in [1.29, 1.82) is 0 Å². The molecular formula is C11H17N3. The van der Waals surface area contributed by atoms with Crippen LogP contribution in [0.4, 0.5) is 0 Å². The van der Waals surface area contributed by atoms with Crippen LogP contribution in [-0.4, -0.2) is 16.3 Å². The normalized spacial score (nSPS) is 12.4. The fourth-order valence-corrected chi connectivity index (χ4v) is 1.44. The van der Waals surface area contributed by atoms with Gasteiger partial charge in [0.25, 0.3) is 0 Å². The number of rotatable bonds is 5. The van der Waals surface area contributed by atoms with Gasteiger partial charge in [0, 0.05) is 19.7 Å². The van der Waals surface area contributed by atoms with E-state index in [1.807, 2.05) is 17.8 Å². The summed E-state index contributed by atoms with van der Waals surface area (Å²) in [6.07, 6.45) is 8.95. The molecule has 0 fully saturated rings. The predicted molar refractivity (Wildman–Crippen MR) is 57.7 cm³/mol. The second-order valence-electron chi connectivity index (χ2n) is 3.29. The van der Waals surface area contributed by atoms with Gasteiger partial charge in [0.15, 0.2) is 0 Å². The highest BCUT2D eigenvalue weighted by atomic mass is 15.3. The van der Waals surface area contributed by atoms with E-state index >= 15 is 0 Å². The van der Waals surface area contributed by atoms with Gasteiger partial charge in [0.2, 0.25) is 0 Å². The van der Waals surface area contributed by atoms with Crippen molar-refractivity contribution in [3.63, 3.8) is 0 Å². The lowest BCUT2D eigenvalue weighted by Gasteiger charge is -2.15. The molecule has 0 saturated carbocycles. The summed E-state index contributed by atoms with van der Waals surface area (Å²) in [5, 5.41) is 7.55. The van der Waals surface area contributed by atoms with E-state index in [9.17, 15) is 0 Å². The zero-order chi connectivity index (χ0) is 10.4. The van der Waals surface area contributed by atoms with E-state index < -0.39 is 0 Å². The molecule has 3 heteroatoms. The number of nitrogens with zero attached hydrogens (tertiary/aromatic N) is 2. The second-order valence-corrected chi connectivity index (χ2v) is 3.29. The smallest absolute Gasteiger partial charge is 0.0602 e. The molecule has 14 heavy (non-hydrogen) atoms. The SMILES string of the molecule is C#CCC(NCCC)c1ccnn1C. The Morgan fingerprint density at radius 1 is 1.71 bits per heavy atom. The number of hydrogen-bond donors (Lipinski definition) is 1. The van der Waals surface area contributed by atoms with Crippen LogP contribution in [0, 0.1) is 12.3 Å². The molecule has 1 N–H and O–H groups in total. The van der Waals surface area contributed by atoms with E-state index in [0.29, 0.717) is 6.42 Å². The predicted octanol–water partition coefficient (Wildman–Crippen LogP) is 1.48. The van der Waals surface area contributed by atoms with Gasteiger partial charge in [0.1, 0.15) is 0 Å². The van der Waals surface area contributed by atoms with Gasteiger partial charge in [-0.25, -0.2) is 0 Å². The molecule has 0 aromatic carbocycles. The number of aryl methyl sites for hydroxylation is 1. The third-order valence-corrected chi connectivity index (χ3v) is 2.18. The summed E-state index contributed by atoms with van der Waals surface area (Å²) in [5.74, 6) is 2.69. The minimum absolute atomic E-state index is 0.229. The Bertz CT molecular complexity index is 309. The zero-order valence-electron chi connectivity index (χ0n) is 8.83. The molecule has 1 unspecified atom stereocenters. The summed E-state index contributed by atoms with van der Waals surface area (Å²) in [7, 11) is 1.94. The van der Waals surface area contributed by atoms with E-state index in [-0.39, 0.29) is 6.04 Å². The Kier molecular flexibility index (Phi) is 4.21. The first-order valence-corrected chi connectivity index (χ1v) is 4.94. The van der Waals surface area contributed by atoms with Crippen molar-refractivity contribution in [3.05, 3.63) is 18.0 Å². The summed E-state index contributed by atoms with van der Waals surface area (Å²) in [4.78, 5) is 0.